The molecule has 0 bridgehead atoms. The van der Waals surface area contributed by atoms with Crippen LogP contribution < -0.4 is 4.74 Å². The predicted molar refractivity (Wildman–Crippen MR) is 78.5 cm³/mol. The molecule has 0 radical (unpaired) electrons. The highest BCUT2D eigenvalue weighted by Gasteiger charge is 2.09. The minimum absolute atomic E-state index is 0.202. The second-order valence-electron chi connectivity index (χ2n) is 4.68. The van der Waals surface area contributed by atoms with E-state index in [2.05, 4.69) is 6.92 Å². The monoisotopic (exact) mass is 280 g/mol. The van der Waals surface area contributed by atoms with E-state index in [1.165, 1.54) is 19.3 Å². The van der Waals surface area contributed by atoms with Gasteiger partial charge < -0.3 is 14.6 Å². The summed E-state index contributed by atoms with van der Waals surface area (Å²) in [4.78, 5) is 11.0. The Morgan fingerprint density at radius 3 is 2.55 bits per heavy atom. The molecule has 0 fully saturated rings. The van der Waals surface area contributed by atoms with E-state index >= 15 is 0 Å². The zero-order chi connectivity index (χ0) is 14.6. The van der Waals surface area contributed by atoms with Gasteiger partial charge in [0.25, 0.3) is 0 Å². The van der Waals surface area contributed by atoms with Crippen molar-refractivity contribution in [3.05, 3.63) is 29.8 Å². The molecular weight excluding hydrogens is 256 g/mol. The molecule has 0 unspecified atom stereocenters. The summed E-state index contributed by atoms with van der Waals surface area (Å²) in [7, 11) is 0. The molecule has 0 atom stereocenters. The number of rotatable bonds is 11. The minimum Gasteiger partial charge on any atom is -0.493 e. The van der Waals surface area contributed by atoms with Crippen LogP contribution in [0.15, 0.2) is 24.3 Å². The van der Waals surface area contributed by atoms with Crippen LogP contribution in [-0.4, -0.2) is 30.9 Å². The van der Waals surface area contributed by atoms with E-state index < -0.39 is 5.97 Å². The van der Waals surface area contributed by atoms with Gasteiger partial charge in [-0.15, -0.1) is 0 Å². The van der Waals surface area contributed by atoms with Gasteiger partial charge in [0.15, 0.2) is 0 Å². The Balaban J connectivity index is 2.11. The molecule has 0 aliphatic rings. The van der Waals surface area contributed by atoms with Crippen molar-refractivity contribution in [2.75, 3.05) is 19.8 Å². The quantitative estimate of drug-likeness (QED) is 0.627. The molecule has 4 nitrogen and oxygen atoms in total. The molecule has 0 amide bonds. The summed E-state index contributed by atoms with van der Waals surface area (Å²) in [5, 5.41) is 9.00. The zero-order valence-corrected chi connectivity index (χ0v) is 12.1. The van der Waals surface area contributed by atoms with Crippen LogP contribution in [0.1, 0.15) is 49.4 Å². The molecule has 0 heterocycles. The van der Waals surface area contributed by atoms with Gasteiger partial charge in [-0.2, -0.15) is 0 Å². The lowest BCUT2D eigenvalue weighted by molar-refractivity contribution is 0.0691. The van der Waals surface area contributed by atoms with Crippen molar-refractivity contribution in [2.24, 2.45) is 0 Å². The largest absolute Gasteiger partial charge is 0.493 e. The van der Waals surface area contributed by atoms with Crippen LogP contribution in [0, 0.1) is 0 Å². The van der Waals surface area contributed by atoms with Crippen LogP contribution in [0.5, 0.6) is 5.75 Å². The minimum atomic E-state index is -0.965. The maximum Gasteiger partial charge on any atom is 0.339 e. The number of hydrogen-bond acceptors (Lipinski definition) is 3. The standard InChI is InChI=1S/C16H24O4/c1-2-3-4-7-11-19-12-8-13-20-15-10-6-5-9-14(15)16(17)18/h5-6,9-10H,2-4,7-8,11-13H2,1H3,(H,17,18). The van der Waals surface area contributed by atoms with E-state index in [-0.39, 0.29) is 5.56 Å². The summed E-state index contributed by atoms with van der Waals surface area (Å²) in [6.07, 6.45) is 5.59. The molecule has 1 aromatic carbocycles. The topological polar surface area (TPSA) is 55.8 Å². The van der Waals surface area contributed by atoms with Crippen LogP contribution in [0.25, 0.3) is 0 Å². The van der Waals surface area contributed by atoms with E-state index in [0.717, 1.165) is 19.4 Å². The Labute approximate surface area is 120 Å². The van der Waals surface area contributed by atoms with Crippen molar-refractivity contribution in [3.63, 3.8) is 0 Å². The van der Waals surface area contributed by atoms with E-state index in [1.54, 1.807) is 24.3 Å². The van der Waals surface area contributed by atoms with Crippen LogP contribution in [0.4, 0.5) is 0 Å². The number of ether oxygens (including phenoxy) is 2. The van der Waals surface area contributed by atoms with Crippen LogP contribution >= 0.6 is 0 Å². The summed E-state index contributed by atoms with van der Waals surface area (Å²) >= 11 is 0. The summed E-state index contributed by atoms with van der Waals surface area (Å²) in [6.45, 7) is 4.11. The number of carboxylic acids is 1. The Kier molecular flexibility index (Phi) is 8.47. The van der Waals surface area contributed by atoms with Crippen LogP contribution in [-0.2, 0) is 4.74 Å². The van der Waals surface area contributed by atoms with Gasteiger partial charge in [0.2, 0.25) is 0 Å². The zero-order valence-electron chi connectivity index (χ0n) is 12.1. The normalized spacial score (nSPS) is 10.4. The highest BCUT2D eigenvalue weighted by atomic mass is 16.5. The first kappa shape index (κ1) is 16.5. The second-order valence-corrected chi connectivity index (χ2v) is 4.68. The molecule has 0 saturated heterocycles. The Morgan fingerprint density at radius 2 is 1.80 bits per heavy atom. The smallest absolute Gasteiger partial charge is 0.339 e. The molecule has 0 aromatic heterocycles. The molecule has 1 aromatic rings. The number of carbonyl (C=O) groups is 1. The molecule has 0 saturated carbocycles. The van der Waals surface area contributed by atoms with E-state index in [1.807, 2.05) is 0 Å². The molecule has 1 N–H and O–H groups in total. The van der Waals surface area contributed by atoms with Gasteiger partial charge in [-0.25, -0.2) is 4.79 Å². The maximum atomic E-state index is 11.0. The molecule has 0 aliphatic heterocycles. The number of aromatic carboxylic acids is 1. The van der Waals surface area contributed by atoms with Crippen LogP contribution in [0.3, 0.4) is 0 Å². The van der Waals surface area contributed by atoms with E-state index in [4.69, 9.17) is 14.6 Å². The van der Waals surface area contributed by atoms with Crippen molar-refractivity contribution < 1.29 is 19.4 Å². The lowest BCUT2D eigenvalue weighted by Gasteiger charge is -2.09. The van der Waals surface area contributed by atoms with Crippen molar-refractivity contribution in [3.8, 4) is 5.75 Å². The Morgan fingerprint density at radius 1 is 1.05 bits per heavy atom. The molecule has 0 spiro atoms. The third-order valence-electron chi connectivity index (χ3n) is 2.95. The highest BCUT2D eigenvalue weighted by Crippen LogP contribution is 2.17. The van der Waals surface area contributed by atoms with Gasteiger partial charge in [0, 0.05) is 19.6 Å². The third kappa shape index (κ3) is 6.57. The predicted octanol–water partition coefficient (Wildman–Crippen LogP) is 3.75. The van der Waals surface area contributed by atoms with E-state index in [9.17, 15) is 4.79 Å². The van der Waals surface area contributed by atoms with Gasteiger partial charge in [-0.05, 0) is 18.6 Å². The van der Waals surface area contributed by atoms with Gasteiger partial charge in [0.05, 0.1) is 6.61 Å². The van der Waals surface area contributed by atoms with Crippen LogP contribution in [0.2, 0.25) is 0 Å². The van der Waals surface area contributed by atoms with E-state index in [0.29, 0.717) is 19.0 Å². The van der Waals surface area contributed by atoms with Crippen molar-refractivity contribution in [2.45, 2.75) is 39.0 Å². The molecule has 112 valence electrons. The lowest BCUT2D eigenvalue weighted by Crippen LogP contribution is -2.07. The number of benzene rings is 1. The molecule has 4 heteroatoms. The Hall–Kier alpha value is -1.55. The van der Waals surface area contributed by atoms with Gasteiger partial charge >= 0.3 is 5.97 Å². The average Bonchev–Trinajstić information content (AvgIpc) is 2.46. The Bertz CT molecular complexity index is 390. The highest BCUT2D eigenvalue weighted by molar-refractivity contribution is 5.90. The average molecular weight is 280 g/mol. The molecular formula is C16H24O4. The van der Waals surface area contributed by atoms with Crippen molar-refractivity contribution >= 4 is 5.97 Å². The number of hydrogen-bond donors (Lipinski definition) is 1. The summed E-state index contributed by atoms with van der Waals surface area (Å²) < 4.78 is 11.0. The first-order chi connectivity index (χ1) is 9.75. The first-order valence-corrected chi connectivity index (χ1v) is 7.28. The second kappa shape index (κ2) is 10.3. The molecule has 0 aliphatic carbocycles. The lowest BCUT2D eigenvalue weighted by atomic mass is 10.2. The number of para-hydroxylation sites is 1. The number of unbranched alkanes of at least 4 members (excludes halogenated alkanes) is 3. The number of carboxylic acid groups (broad SMARTS) is 1. The molecule has 1 rings (SSSR count). The summed E-state index contributed by atoms with van der Waals surface area (Å²) in [5.74, 6) is -0.546. The first-order valence-electron chi connectivity index (χ1n) is 7.28. The van der Waals surface area contributed by atoms with Gasteiger partial charge in [0.1, 0.15) is 11.3 Å². The fourth-order valence-electron chi connectivity index (χ4n) is 1.85. The van der Waals surface area contributed by atoms with Crippen molar-refractivity contribution in [1.29, 1.82) is 0 Å². The fourth-order valence-corrected chi connectivity index (χ4v) is 1.85. The SMILES string of the molecule is CCCCCCOCCCOc1ccccc1C(=O)O. The van der Waals surface area contributed by atoms with Gasteiger partial charge in [-0.1, -0.05) is 38.3 Å². The summed E-state index contributed by atoms with van der Waals surface area (Å²) in [6, 6.07) is 6.68. The molecule has 20 heavy (non-hydrogen) atoms. The fraction of sp³-hybridized carbons (Fsp3) is 0.562. The van der Waals surface area contributed by atoms with Gasteiger partial charge in [-0.3, -0.25) is 0 Å². The summed E-state index contributed by atoms with van der Waals surface area (Å²) in [5.41, 5.74) is 0.202. The maximum absolute atomic E-state index is 11.0. The van der Waals surface area contributed by atoms with Crippen molar-refractivity contribution in [1.82, 2.24) is 0 Å². The third-order valence-corrected chi connectivity index (χ3v) is 2.95.